The summed E-state index contributed by atoms with van der Waals surface area (Å²) in [7, 11) is 0. The molecule has 1 saturated heterocycles. The fourth-order valence-corrected chi connectivity index (χ4v) is 3.44. The van der Waals surface area contributed by atoms with E-state index in [1.54, 1.807) is 17.2 Å². The van der Waals surface area contributed by atoms with Crippen LogP contribution in [0, 0.1) is 23.1 Å². The van der Waals surface area contributed by atoms with Crippen LogP contribution in [0.5, 0.6) is 0 Å². The number of allylic oxidation sites excluding steroid dienone is 5. The van der Waals surface area contributed by atoms with Crippen molar-refractivity contribution in [1.29, 1.82) is 0 Å². The van der Waals surface area contributed by atoms with Gasteiger partial charge in [0.15, 0.2) is 6.67 Å². The summed E-state index contributed by atoms with van der Waals surface area (Å²) >= 11 is 0. The van der Waals surface area contributed by atoms with Crippen molar-refractivity contribution in [2.45, 2.75) is 51.5 Å². The normalized spacial score (nSPS) is 36.6. The van der Waals surface area contributed by atoms with Gasteiger partial charge in [0, 0.05) is 12.6 Å². The first kappa shape index (κ1) is 24.0. The average Bonchev–Trinajstić information content (AvgIpc) is 3.10. The van der Waals surface area contributed by atoms with Crippen LogP contribution in [0.25, 0.3) is 0 Å². The minimum Gasteiger partial charge on any atom is -0.625 e. The molecule has 2 aliphatic heterocycles. The van der Waals surface area contributed by atoms with E-state index in [9.17, 15) is 15.1 Å². The number of hydrogen-bond acceptors (Lipinski definition) is 6. The summed E-state index contributed by atoms with van der Waals surface area (Å²) in [5.74, 6) is -0.476. The van der Waals surface area contributed by atoms with E-state index in [1.807, 2.05) is 19.1 Å². The molecule has 1 amide bonds. The third kappa shape index (κ3) is 5.67. The van der Waals surface area contributed by atoms with Gasteiger partial charge in [-0.2, -0.15) is 13.0 Å². The Morgan fingerprint density at radius 2 is 2.31 bits per heavy atom. The first-order valence-corrected chi connectivity index (χ1v) is 9.61. The molecule has 0 bridgehead atoms. The van der Waals surface area contributed by atoms with E-state index in [-0.39, 0.29) is 35.8 Å². The van der Waals surface area contributed by atoms with Crippen molar-refractivity contribution in [2.75, 3.05) is 13.3 Å². The molecule has 0 spiro atoms. The summed E-state index contributed by atoms with van der Waals surface area (Å²) in [6.45, 7) is 3.74. The number of hydroxylamine groups is 2. The largest absolute Gasteiger partial charge is 2.00 e. The van der Waals surface area contributed by atoms with Crippen LogP contribution in [0.4, 0.5) is 0 Å². The fraction of sp³-hybridized carbons (Fsp3) is 0.524. The van der Waals surface area contributed by atoms with Crippen molar-refractivity contribution in [3.63, 3.8) is 0 Å². The van der Waals surface area contributed by atoms with Gasteiger partial charge in [-0.25, -0.2) is 16.9 Å². The second-order valence-corrected chi connectivity index (χ2v) is 7.69. The Bertz CT molecular complexity index is 710. The topological polar surface area (TPSA) is 97.5 Å². The summed E-state index contributed by atoms with van der Waals surface area (Å²) in [6, 6.07) is 0. The molecule has 2 fully saturated rings. The number of aliphatic hydroxyl groups is 2. The minimum absolute atomic E-state index is 0. The zero-order chi connectivity index (χ0) is 20.3. The van der Waals surface area contributed by atoms with Gasteiger partial charge in [0.2, 0.25) is 0 Å². The van der Waals surface area contributed by atoms with E-state index in [2.05, 4.69) is 25.5 Å². The van der Waals surface area contributed by atoms with Gasteiger partial charge in [0.05, 0.1) is 18.3 Å². The van der Waals surface area contributed by atoms with E-state index >= 15 is 0 Å². The molecule has 3 unspecified atom stereocenters. The Labute approximate surface area is 182 Å². The third-order valence-electron chi connectivity index (χ3n) is 5.62. The summed E-state index contributed by atoms with van der Waals surface area (Å²) in [5.41, 5.74) is 1.52. The Kier molecular flexibility index (Phi) is 8.43. The zero-order valence-electron chi connectivity index (χ0n) is 16.7. The molecule has 4 aliphatic rings. The number of nitrogens with zero attached hydrogens (tertiary/aromatic N) is 1. The van der Waals surface area contributed by atoms with E-state index in [0.29, 0.717) is 12.0 Å². The van der Waals surface area contributed by atoms with Gasteiger partial charge >= 0.3 is 23.0 Å². The Hall–Kier alpha value is -1.25. The molecule has 7 nitrogen and oxygen atoms in total. The Morgan fingerprint density at radius 1 is 1.55 bits per heavy atom. The first-order chi connectivity index (χ1) is 13.4. The maximum Gasteiger partial charge on any atom is 2.00 e. The second-order valence-electron chi connectivity index (χ2n) is 7.69. The summed E-state index contributed by atoms with van der Waals surface area (Å²) in [4.78, 5) is 13.7. The van der Waals surface area contributed by atoms with E-state index < -0.39 is 29.4 Å². The van der Waals surface area contributed by atoms with Crippen LogP contribution in [0.1, 0.15) is 33.1 Å². The van der Waals surface area contributed by atoms with Gasteiger partial charge in [-0.1, -0.05) is 18.9 Å². The van der Waals surface area contributed by atoms with Gasteiger partial charge in [-0.05, 0) is 6.08 Å². The van der Waals surface area contributed by atoms with Crippen LogP contribution in [0.2, 0.25) is 0 Å². The molecule has 2 aliphatic carbocycles. The van der Waals surface area contributed by atoms with E-state index in [0.717, 1.165) is 18.4 Å². The first-order valence-electron chi connectivity index (χ1n) is 9.61. The van der Waals surface area contributed by atoms with Crippen molar-refractivity contribution in [3.05, 3.63) is 59.4 Å². The number of quaternary nitrogens is 1. The van der Waals surface area contributed by atoms with Gasteiger partial charge in [-0.3, -0.25) is 11.1 Å². The molecule has 160 valence electrons. The van der Waals surface area contributed by atoms with Crippen LogP contribution in [0.3, 0.4) is 0 Å². The van der Waals surface area contributed by atoms with Crippen LogP contribution in [-0.2, 0) is 26.6 Å². The maximum absolute atomic E-state index is 12.1. The van der Waals surface area contributed by atoms with Crippen molar-refractivity contribution < 1.29 is 41.9 Å². The number of ether oxygens (including phenoxy) is 1. The molecule has 2 heterocycles. The van der Waals surface area contributed by atoms with Crippen molar-refractivity contribution in [3.8, 4) is 0 Å². The van der Waals surface area contributed by atoms with Crippen LogP contribution in [-0.4, -0.2) is 52.7 Å². The predicted molar refractivity (Wildman–Crippen MR) is 103 cm³/mol. The van der Waals surface area contributed by atoms with E-state index in [4.69, 9.17) is 9.84 Å². The molecular formula is C21H28FeN2O5. The molecule has 0 aromatic heterocycles. The SMILES string of the molecule is C[CH-]C1(C)C/C1=C/C1=CN([C@H]2CC(O)[C@@H](CO)O2)C[NH+]([O-])C1=O.[C-]1=CCC=C1.[Fe+2]. The molecule has 0 aromatic rings. The predicted octanol–water partition coefficient (Wildman–Crippen LogP) is 0.385. The fourth-order valence-electron chi connectivity index (χ4n) is 3.44. The van der Waals surface area contributed by atoms with E-state index in [1.165, 1.54) is 0 Å². The number of nitrogens with one attached hydrogen (secondary N) is 1. The van der Waals surface area contributed by atoms with Crippen molar-refractivity contribution >= 4 is 5.91 Å². The molecule has 8 heteroatoms. The van der Waals surface area contributed by atoms with Crippen molar-refractivity contribution in [1.82, 2.24) is 4.90 Å². The zero-order valence-corrected chi connectivity index (χ0v) is 17.8. The molecule has 1 saturated carbocycles. The summed E-state index contributed by atoms with van der Waals surface area (Å²) in [6.07, 6.45) is 14.8. The number of carbonyl (C=O) groups is 1. The Morgan fingerprint density at radius 3 is 2.79 bits per heavy atom. The summed E-state index contributed by atoms with van der Waals surface area (Å²) in [5, 5.41) is 30.5. The quantitative estimate of drug-likeness (QED) is 0.330. The average molecular weight is 444 g/mol. The number of aliphatic hydroxyl groups excluding tert-OH is 2. The Balaban J connectivity index is 0.000000437. The van der Waals surface area contributed by atoms with Crippen molar-refractivity contribution in [2.24, 2.45) is 5.41 Å². The molecule has 4 rings (SSSR count). The second kappa shape index (κ2) is 10.2. The van der Waals surface area contributed by atoms with Crippen LogP contribution in [0.15, 0.2) is 41.7 Å². The molecule has 5 atom stereocenters. The monoisotopic (exact) mass is 444 g/mol. The molecule has 29 heavy (non-hydrogen) atoms. The van der Waals surface area contributed by atoms with Crippen LogP contribution >= 0.6 is 0 Å². The summed E-state index contributed by atoms with van der Waals surface area (Å²) < 4.78 is 5.57. The molecule has 3 N–H and O–H groups in total. The number of amides is 1. The number of hydrogen-bond donors (Lipinski definition) is 3. The van der Waals surface area contributed by atoms with Crippen LogP contribution < -0.4 is 5.06 Å². The van der Waals surface area contributed by atoms with Gasteiger partial charge < -0.3 is 31.5 Å². The standard InChI is InChI=1S/C16H23N2O5.C5H5.Fe/c1-3-16(2)6-11(16)4-10-7-17(9-18(22)15(10)21)14-5-12(20)13(8-19)23-14;1-2-4-5-3-1;/h3-4,7,12-14,18-20H,5-6,8-9H2,1-2H3;1-2,5H,3H2;/q2*-1;+2/b11-4-;;/t12?,13-,14-,16?;;/m1../s1. The van der Waals surface area contributed by atoms with Gasteiger partial charge in [0.25, 0.3) is 0 Å². The molecule has 0 radical (unpaired) electrons. The third-order valence-corrected chi connectivity index (χ3v) is 5.62. The number of carbonyl (C=O) groups excluding carboxylic acids is 1. The molecular weight excluding hydrogens is 416 g/mol. The molecule has 0 aromatic carbocycles. The maximum atomic E-state index is 12.1. The van der Waals surface area contributed by atoms with Gasteiger partial charge in [-0.15, -0.1) is 11.8 Å². The minimum atomic E-state index is -0.769. The van der Waals surface area contributed by atoms with Gasteiger partial charge in [0.1, 0.15) is 12.3 Å². The smallest absolute Gasteiger partial charge is 0.625 e. The number of rotatable bonds is 4.